The van der Waals surface area contributed by atoms with Crippen LogP contribution in [0.3, 0.4) is 0 Å². The second-order valence-corrected chi connectivity index (χ2v) is 3.31. The summed E-state index contributed by atoms with van der Waals surface area (Å²) in [7, 11) is 0. The zero-order valence-corrected chi connectivity index (χ0v) is 7.24. The third-order valence-corrected chi connectivity index (χ3v) is 1.65. The van der Waals surface area contributed by atoms with Gasteiger partial charge in [-0.2, -0.15) is 4.99 Å². The highest BCUT2D eigenvalue weighted by Gasteiger charge is 2.09. The van der Waals surface area contributed by atoms with Crippen LogP contribution in [0.15, 0.2) is 41.1 Å². The average molecular weight is 161 g/mol. The molecule has 0 aliphatic heterocycles. The Kier molecular flexibility index (Phi) is 2.41. The van der Waals surface area contributed by atoms with Crippen LogP contribution in [-0.2, 0) is 4.79 Å². The van der Waals surface area contributed by atoms with Gasteiger partial charge >= 0.3 is 0 Å². The molecule has 1 rings (SSSR count). The summed E-state index contributed by atoms with van der Waals surface area (Å²) in [6, 6.07) is 0. The van der Waals surface area contributed by atoms with Crippen molar-refractivity contribution < 1.29 is 4.79 Å². The average Bonchev–Trinajstić information content (AvgIpc) is 2.14. The van der Waals surface area contributed by atoms with Crippen LogP contribution in [0.25, 0.3) is 0 Å². The van der Waals surface area contributed by atoms with Crippen molar-refractivity contribution in [1.29, 1.82) is 0 Å². The molecular formula is C10H11NO. The fourth-order valence-corrected chi connectivity index (χ4v) is 0.933. The summed E-state index contributed by atoms with van der Waals surface area (Å²) < 4.78 is 0. The van der Waals surface area contributed by atoms with Gasteiger partial charge in [0.25, 0.3) is 0 Å². The summed E-state index contributed by atoms with van der Waals surface area (Å²) in [6.45, 7) is 4.17. The molecule has 0 radical (unpaired) electrons. The van der Waals surface area contributed by atoms with E-state index in [2.05, 4.69) is 24.9 Å². The van der Waals surface area contributed by atoms with E-state index < -0.39 is 0 Å². The summed E-state index contributed by atoms with van der Waals surface area (Å²) in [5.41, 5.74) is 0.684. The third kappa shape index (κ3) is 2.33. The number of allylic oxidation sites excluding steroid dienone is 5. The second-order valence-electron chi connectivity index (χ2n) is 3.31. The Morgan fingerprint density at radius 3 is 2.83 bits per heavy atom. The van der Waals surface area contributed by atoms with Crippen molar-refractivity contribution >= 4 is 6.08 Å². The molecule has 0 aromatic heterocycles. The monoisotopic (exact) mass is 161 g/mol. The van der Waals surface area contributed by atoms with Gasteiger partial charge in [-0.1, -0.05) is 32.1 Å². The molecule has 0 heterocycles. The molecule has 1 aliphatic carbocycles. The lowest BCUT2D eigenvalue weighted by atomic mass is 9.93. The van der Waals surface area contributed by atoms with Crippen molar-refractivity contribution in [3.8, 4) is 0 Å². The van der Waals surface area contributed by atoms with Crippen molar-refractivity contribution in [3.05, 3.63) is 36.1 Å². The molecule has 0 spiro atoms. The number of isocyanates is 1. The Morgan fingerprint density at radius 1 is 1.42 bits per heavy atom. The summed E-state index contributed by atoms with van der Waals surface area (Å²) in [4.78, 5) is 13.5. The quantitative estimate of drug-likeness (QED) is 0.428. The van der Waals surface area contributed by atoms with Crippen molar-refractivity contribution in [2.45, 2.75) is 13.8 Å². The first-order chi connectivity index (χ1) is 5.64. The number of hydrogen-bond donors (Lipinski definition) is 0. The van der Waals surface area contributed by atoms with Gasteiger partial charge in [-0.05, 0) is 12.2 Å². The first-order valence-corrected chi connectivity index (χ1v) is 3.81. The molecule has 0 aromatic rings. The molecule has 12 heavy (non-hydrogen) atoms. The Hall–Kier alpha value is -1.40. The molecule has 0 unspecified atom stereocenters. The van der Waals surface area contributed by atoms with Crippen LogP contribution >= 0.6 is 0 Å². The largest absolute Gasteiger partial charge is 0.240 e. The molecule has 2 nitrogen and oxygen atoms in total. The van der Waals surface area contributed by atoms with Crippen molar-refractivity contribution in [2.24, 2.45) is 10.4 Å². The van der Waals surface area contributed by atoms with Gasteiger partial charge in [-0.15, -0.1) is 0 Å². The van der Waals surface area contributed by atoms with Crippen LogP contribution < -0.4 is 0 Å². The molecule has 0 N–H and O–H groups in total. The smallest absolute Gasteiger partial charge is 0.211 e. The molecule has 0 saturated carbocycles. The molecule has 1 aliphatic rings. The molecular weight excluding hydrogens is 150 g/mol. The van der Waals surface area contributed by atoms with E-state index in [1.807, 2.05) is 18.2 Å². The van der Waals surface area contributed by atoms with E-state index >= 15 is 0 Å². The van der Waals surface area contributed by atoms with Gasteiger partial charge in [0.1, 0.15) is 0 Å². The number of hydrogen-bond acceptors (Lipinski definition) is 2. The van der Waals surface area contributed by atoms with Crippen molar-refractivity contribution in [1.82, 2.24) is 0 Å². The Balaban J connectivity index is 2.93. The summed E-state index contributed by atoms with van der Waals surface area (Å²) in [5, 5.41) is 0. The van der Waals surface area contributed by atoms with E-state index in [9.17, 15) is 4.79 Å². The minimum absolute atomic E-state index is 0.0383. The highest BCUT2D eigenvalue weighted by Crippen LogP contribution is 2.22. The number of aliphatic imine (C=N–C) groups is 1. The summed E-state index contributed by atoms with van der Waals surface area (Å²) >= 11 is 0. The van der Waals surface area contributed by atoms with Gasteiger partial charge < -0.3 is 0 Å². The molecule has 0 aromatic carbocycles. The lowest BCUT2D eigenvalue weighted by molar-refractivity contribution is 0.565. The fourth-order valence-electron chi connectivity index (χ4n) is 0.933. The van der Waals surface area contributed by atoms with Gasteiger partial charge in [-0.3, -0.25) is 0 Å². The Labute approximate surface area is 72.0 Å². The number of nitrogens with zero attached hydrogens (tertiary/aromatic N) is 1. The summed E-state index contributed by atoms with van der Waals surface area (Å²) in [6.07, 6.45) is 11.1. The summed E-state index contributed by atoms with van der Waals surface area (Å²) in [5.74, 6) is 0. The van der Waals surface area contributed by atoms with Crippen LogP contribution in [0.1, 0.15) is 13.8 Å². The third-order valence-electron chi connectivity index (χ3n) is 1.65. The second kappa shape index (κ2) is 3.33. The lowest BCUT2D eigenvalue weighted by Crippen LogP contribution is -2.00. The molecule has 0 saturated heterocycles. The van der Waals surface area contributed by atoms with Gasteiger partial charge in [0.15, 0.2) is 0 Å². The molecule has 0 bridgehead atoms. The van der Waals surface area contributed by atoms with Crippen LogP contribution in [-0.4, -0.2) is 6.08 Å². The van der Waals surface area contributed by atoms with E-state index in [4.69, 9.17) is 0 Å². The number of carbonyl (C=O) groups excluding carboxylic acids is 1. The highest BCUT2D eigenvalue weighted by molar-refractivity contribution is 5.41. The highest BCUT2D eigenvalue weighted by atomic mass is 16.1. The standard InChI is InChI=1S/C10H11NO/c1-10(2)6-3-4-9(5-7-10)11-8-12/h3-7H,1-2H3. The Bertz CT molecular complexity index is 302. The van der Waals surface area contributed by atoms with E-state index in [1.54, 1.807) is 6.08 Å². The van der Waals surface area contributed by atoms with Crippen molar-refractivity contribution in [3.63, 3.8) is 0 Å². The zero-order chi connectivity index (χ0) is 9.03. The minimum Gasteiger partial charge on any atom is -0.211 e. The van der Waals surface area contributed by atoms with Gasteiger partial charge in [-0.25, -0.2) is 4.79 Å². The maximum Gasteiger partial charge on any atom is 0.240 e. The van der Waals surface area contributed by atoms with Crippen LogP contribution in [0, 0.1) is 5.41 Å². The molecule has 0 fully saturated rings. The van der Waals surface area contributed by atoms with Gasteiger partial charge in [0.05, 0.1) is 5.70 Å². The molecule has 0 atom stereocenters. The zero-order valence-electron chi connectivity index (χ0n) is 7.24. The molecule has 62 valence electrons. The topological polar surface area (TPSA) is 29.4 Å². The Morgan fingerprint density at radius 2 is 2.17 bits per heavy atom. The van der Waals surface area contributed by atoms with Crippen molar-refractivity contribution in [2.75, 3.05) is 0 Å². The number of rotatable bonds is 1. The molecule has 0 amide bonds. The van der Waals surface area contributed by atoms with E-state index in [-0.39, 0.29) is 5.41 Å². The van der Waals surface area contributed by atoms with E-state index in [1.165, 1.54) is 6.08 Å². The first-order valence-electron chi connectivity index (χ1n) is 3.81. The normalized spacial score (nSPS) is 19.3. The maximum atomic E-state index is 9.96. The van der Waals surface area contributed by atoms with Crippen LogP contribution in [0.2, 0.25) is 0 Å². The SMILES string of the molecule is CC1(C)C=CC=C(N=C=O)C=C1. The minimum atomic E-state index is 0.0383. The first kappa shape index (κ1) is 8.69. The predicted molar refractivity (Wildman–Crippen MR) is 48.3 cm³/mol. The fraction of sp³-hybridized carbons (Fsp3) is 0.300. The van der Waals surface area contributed by atoms with E-state index in [0.29, 0.717) is 5.70 Å². The van der Waals surface area contributed by atoms with Crippen LogP contribution in [0.5, 0.6) is 0 Å². The van der Waals surface area contributed by atoms with Gasteiger partial charge in [0, 0.05) is 5.41 Å². The maximum absolute atomic E-state index is 9.96. The lowest BCUT2D eigenvalue weighted by Gasteiger charge is -2.12. The molecule has 2 heteroatoms. The predicted octanol–water partition coefficient (Wildman–Crippen LogP) is 2.36. The van der Waals surface area contributed by atoms with Gasteiger partial charge in [0.2, 0.25) is 6.08 Å². The van der Waals surface area contributed by atoms with Crippen LogP contribution in [0.4, 0.5) is 0 Å². The van der Waals surface area contributed by atoms with E-state index in [0.717, 1.165) is 0 Å².